The number of carbonyl (C=O) groups is 3. The minimum absolute atomic E-state index is 0.193. The van der Waals surface area contributed by atoms with Crippen LogP contribution in [-0.4, -0.2) is 60.4 Å². The number of nitrogens with one attached hydrogen (secondary N) is 1. The Hall–Kier alpha value is -3.35. The van der Waals surface area contributed by atoms with E-state index in [1.165, 1.54) is 21.7 Å². The summed E-state index contributed by atoms with van der Waals surface area (Å²) in [4.78, 5) is 43.4. The Labute approximate surface area is 189 Å². The topological polar surface area (TPSA) is 73.0 Å². The Balaban J connectivity index is 1.40. The summed E-state index contributed by atoms with van der Waals surface area (Å²) in [6.45, 7) is 11.3. The minimum Gasteiger partial charge on any atom is -0.368 e. The van der Waals surface area contributed by atoms with Crippen molar-refractivity contribution in [3.63, 3.8) is 0 Å². The first-order valence-corrected chi connectivity index (χ1v) is 11.1. The summed E-state index contributed by atoms with van der Waals surface area (Å²) in [5.74, 6) is -0.366. The van der Waals surface area contributed by atoms with Gasteiger partial charge in [-0.05, 0) is 55.2 Å². The number of hydrogen-bond donors (Lipinski definition) is 1. The van der Waals surface area contributed by atoms with Crippen molar-refractivity contribution in [3.05, 3.63) is 58.7 Å². The number of imide groups is 1. The number of aryl methyl sites for hydroxylation is 1. The molecule has 2 aromatic rings. The van der Waals surface area contributed by atoms with Gasteiger partial charge < -0.3 is 15.1 Å². The normalized spacial score (nSPS) is 16.1. The molecule has 0 atom stereocenters. The predicted molar refractivity (Wildman–Crippen MR) is 125 cm³/mol. The highest BCUT2D eigenvalue weighted by Crippen LogP contribution is 2.27. The molecule has 2 aliphatic rings. The fourth-order valence-electron chi connectivity index (χ4n) is 4.33. The minimum atomic E-state index is -0.295. The molecule has 1 saturated heterocycles. The van der Waals surface area contributed by atoms with Gasteiger partial charge in [-0.3, -0.25) is 14.5 Å². The van der Waals surface area contributed by atoms with Crippen molar-refractivity contribution in [1.82, 2.24) is 9.80 Å². The summed E-state index contributed by atoms with van der Waals surface area (Å²) in [7, 11) is 0. The quantitative estimate of drug-likeness (QED) is 0.741. The highest BCUT2D eigenvalue weighted by Gasteiger charge is 2.36. The van der Waals surface area contributed by atoms with E-state index < -0.39 is 0 Å². The Morgan fingerprint density at radius 2 is 1.66 bits per heavy atom. The first-order chi connectivity index (χ1) is 15.3. The molecule has 0 saturated carbocycles. The lowest BCUT2D eigenvalue weighted by atomic mass is 10.1. The van der Waals surface area contributed by atoms with E-state index in [9.17, 15) is 14.4 Å². The van der Waals surface area contributed by atoms with E-state index in [1.54, 1.807) is 23.1 Å². The van der Waals surface area contributed by atoms with Crippen LogP contribution in [0.5, 0.6) is 0 Å². The third-order valence-corrected chi connectivity index (χ3v) is 6.25. The summed E-state index contributed by atoms with van der Waals surface area (Å²) >= 11 is 0. The lowest BCUT2D eigenvalue weighted by molar-refractivity contribution is 0.0636. The molecule has 2 heterocycles. The molecule has 1 fully saturated rings. The van der Waals surface area contributed by atoms with E-state index in [2.05, 4.69) is 42.3 Å². The summed E-state index contributed by atoms with van der Waals surface area (Å²) in [5, 5.41) is 2.89. The molecule has 2 aromatic carbocycles. The molecular formula is C25H30N4O3. The lowest BCUT2D eigenvalue weighted by Crippen LogP contribution is -2.50. The van der Waals surface area contributed by atoms with Crippen LogP contribution < -0.4 is 10.2 Å². The van der Waals surface area contributed by atoms with Crippen molar-refractivity contribution in [2.45, 2.75) is 27.7 Å². The van der Waals surface area contributed by atoms with E-state index in [4.69, 9.17) is 0 Å². The van der Waals surface area contributed by atoms with Crippen molar-refractivity contribution in [1.29, 1.82) is 0 Å². The Morgan fingerprint density at radius 1 is 0.969 bits per heavy atom. The van der Waals surface area contributed by atoms with Gasteiger partial charge in [-0.15, -0.1) is 0 Å². The zero-order chi connectivity index (χ0) is 23.0. The Kier molecular flexibility index (Phi) is 5.91. The number of fused-ring (bicyclic) bond motifs is 1. The SMILES string of the molecule is Cc1cccc(N2CCN(C(=O)Nc3ccc4c(c3)C(=O)N(CC(C)C)C4=O)CC2)c1C. The molecule has 0 aromatic heterocycles. The van der Waals surface area contributed by atoms with E-state index in [-0.39, 0.29) is 23.8 Å². The fourth-order valence-corrected chi connectivity index (χ4v) is 4.33. The van der Waals surface area contributed by atoms with E-state index >= 15 is 0 Å². The van der Waals surface area contributed by atoms with E-state index in [1.807, 2.05) is 13.8 Å². The summed E-state index contributed by atoms with van der Waals surface area (Å²) in [6, 6.07) is 11.0. The summed E-state index contributed by atoms with van der Waals surface area (Å²) in [6.07, 6.45) is 0. The molecule has 0 spiro atoms. The second-order valence-corrected chi connectivity index (χ2v) is 9.00. The first kappa shape index (κ1) is 21.9. The van der Waals surface area contributed by atoms with Crippen LogP contribution in [0.2, 0.25) is 0 Å². The van der Waals surface area contributed by atoms with Crippen molar-refractivity contribution in [2.24, 2.45) is 5.92 Å². The molecule has 0 unspecified atom stereocenters. The van der Waals surface area contributed by atoms with Crippen LogP contribution in [0.3, 0.4) is 0 Å². The monoisotopic (exact) mass is 434 g/mol. The third-order valence-electron chi connectivity index (χ3n) is 6.25. The highest BCUT2D eigenvalue weighted by atomic mass is 16.2. The molecule has 7 nitrogen and oxygen atoms in total. The van der Waals surface area contributed by atoms with Crippen LogP contribution in [0.1, 0.15) is 45.7 Å². The molecule has 168 valence electrons. The van der Waals surface area contributed by atoms with Crippen LogP contribution in [0.15, 0.2) is 36.4 Å². The number of piperazine rings is 1. The number of hydrogen-bond acceptors (Lipinski definition) is 4. The van der Waals surface area contributed by atoms with Crippen LogP contribution in [0, 0.1) is 19.8 Å². The van der Waals surface area contributed by atoms with Gasteiger partial charge in [-0.1, -0.05) is 26.0 Å². The third kappa shape index (κ3) is 4.07. The molecular weight excluding hydrogens is 404 g/mol. The maximum Gasteiger partial charge on any atom is 0.321 e. The molecule has 0 radical (unpaired) electrons. The number of rotatable bonds is 4. The zero-order valence-corrected chi connectivity index (χ0v) is 19.1. The van der Waals surface area contributed by atoms with Gasteiger partial charge in [0.25, 0.3) is 11.8 Å². The van der Waals surface area contributed by atoms with Crippen LogP contribution in [0.25, 0.3) is 0 Å². The lowest BCUT2D eigenvalue weighted by Gasteiger charge is -2.37. The number of amides is 4. The number of nitrogens with zero attached hydrogens (tertiary/aromatic N) is 3. The van der Waals surface area contributed by atoms with Gasteiger partial charge in [-0.2, -0.15) is 0 Å². The van der Waals surface area contributed by atoms with Gasteiger partial charge in [0.05, 0.1) is 11.1 Å². The van der Waals surface area contributed by atoms with Gasteiger partial charge in [0, 0.05) is 44.1 Å². The first-order valence-electron chi connectivity index (χ1n) is 11.1. The molecule has 32 heavy (non-hydrogen) atoms. The standard InChI is InChI=1S/C25H30N4O3/c1-16(2)15-29-23(30)20-9-8-19(14-21(20)24(29)31)26-25(32)28-12-10-27(11-13-28)22-7-5-6-17(3)18(22)4/h5-9,14,16H,10-13,15H2,1-4H3,(H,26,32). The predicted octanol–water partition coefficient (Wildman–Crippen LogP) is 3.91. The van der Waals surface area contributed by atoms with Gasteiger partial charge in [-0.25, -0.2) is 4.79 Å². The molecule has 0 aliphatic carbocycles. The van der Waals surface area contributed by atoms with Crippen molar-refractivity contribution in [2.75, 3.05) is 42.9 Å². The largest absolute Gasteiger partial charge is 0.368 e. The van der Waals surface area contributed by atoms with Crippen LogP contribution in [-0.2, 0) is 0 Å². The molecule has 4 amide bonds. The van der Waals surface area contributed by atoms with Crippen molar-refractivity contribution >= 4 is 29.2 Å². The summed E-state index contributed by atoms with van der Waals surface area (Å²) in [5.41, 5.74) is 5.04. The molecule has 2 aliphatic heterocycles. The Morgan fingerprint density at radius 3 is 2.34 bits per heavy atom. The van der Waals surface area contributed by atoms with E-state index in [0.717, 1.165) is 13.1 Å². The maximum atomic E-state index is 12.8. The smallest absolute Gasteiger partial charge is 0.321 e. The summed E-state index contributed by atoms with van der Waals surface area (Å²) < 4.78 is 0. The Bertz CT molecular complexity index is 1070. The van der Waals surface area contributed by atoms with Gasteiger partial charge >= 0.3 is 6.03 Å². The van der Waals surface area contributed by atoms with Crippen molar-refractivity contribution in [3.8, 4) is 0 Å². The van der Waals surface area contributed by atoms with Crippen molar-refractivity contribution < 1.29 is 14.4 Å². The second-order valence-electron chi connectivity index (χ2n) is 9.00. The van der Waals surface area contributed by atoms with Gasteiger partial charge in [0.2, 0.25) is 0 Å². The fraction of sp³-hybridized carbons (Fsp3) is 0.400. The number of anilines is 2. The number of urea groups is 1. The van der Waals surface area contributed by atoms with Gasteiger partial charge in [0.1, 0.15) is 0 Å². The second kappa shape index (κ2) is 8.65. The van der Waals surface area contributed by atoms with Crippen LogP contribution >= 0.6 is 0 Å². The molecule has 4 rings (SSSR count). The molecule has 7 heteroatoms. The number of benzene rings is 2. The van der Waals surface area contributed by atoms with Crippen LogP contribution in [0.4, 0.5) is 16.2 Å². The average molecular weight is 435 g/mol. The van der Waals surface area contributed by atoms with Gasteiger partial charge in [0.15, 0.2) is 0 Å². The number of carbonyl (C=O) groups excluding carboxylic acids is 3. The van der Waals surface area contributed by atoms with E-state index in [0.29, 0.717) is 36.4 Å². The highest BCUT2D eigenvalue weighted by molar-refractivity contribution is 6.21. The zero-order valence-electron chi connectivity index (χ0n) is 19.1. The maximum absolute atomic E-state index is 12.8. The molecule has 0 bridgehead atoms. The average Bonchev–Trinajstić information content (AvgIpc) is 3.00. The molecule has 1 N–H and O–H groups in total.